The molecule has 1 aliphatic heterocycles. The maximum atomic E-state index is 12.3. The van der Waals surface area contributed by atoms with Crippen molar-refractivity contribution in [3.63, 3.8) is 0 Å². The smallest absolute Gasteiger partial charge is 0.387 e. The van der Waals surface area contributed by atoms with Gasteiger partial charge in [0.1, 0.15) is 5.75 Å². The molecule has 2 N–H and O–H groups in total. The van der Waals surface area contributed by atoms with E-state index >= 15 is 0 Å². The first-order valence-corrected chi connectivity index (χ1v) is 7.97. The minimum atomic E-state index is -2.88. The molecule has 0 bridgehead atoms. The number of nitrogens with one attached hydrogen (secondary N) is 2. The van der Waals surface area contributed by atoms with Gasteiger partial charge in [-0.05, 0) is 24.4 Å². The van der Waals surface area contributed by atoms with Crippen LogP contribution >= 0.6 is 12.2 Å². The zero-order chi connectivity index (χ0) is 17.2. The van der Waals surface area contributed by atoms with Gasteiger partial charge in [-0.1, -0.05) is 12.1 Å². The largest absolute Gasteiger partial charge is 0.434 e. The lowest BCUT2D eigenvalue weighted by molar-refractivity contribution is -0.0499. The van der Waals surface area contributed by atoms with Crippen LogP contribution in [0.2, 0.25) is 0 Å². The van der Waals surface area contributed by atoms with Gasteiger partial charge < -0.3 is 14.8 Å². The molecule has 0 unspecified atom stereocenters. The van der Waals surface area contributed by atoms with Crippen LogP contribution in [0.5, 0.6) is 5.75 Å². The Balaban J connectivity index is 1.72. The molecule has 1 aliphatic rings. The minimum Gasteiger partial charge on any atom is -0.434 e. The van der Waals surface area contributed by atoms with E-state index in [0.717, 1.165) is 32.8 Å². The van der Waals surface area contributed by atoms with Crippen LogP contribution in [0.25, 0.3) is 0 Å². The number of hydrazone groups is 1. The van der Waals surface area contributed by atoms with Crippen LogP contribution < -0.4 is 15.5 Å². The first kappa shape index (κ1) is 18.5. The molecule has 0 atom stereocenters. The highest BCUT2D eigenvalue weighted by atomic mass is 32.1. The van der Waals surface area contributed by atoms with Crippen molar-refractivity contribution < 1.29 is 18.3 Å². The summed E-state index contributed by atoms with van der Waals surface area (Å²) < 4.78 is 34.3. The van der Waals surface area contributed by atoms with Crippen molar-refractivity contribution in [2.75, 3.05) is 39.4 Å². The van der Waals surface area contributed by atoms with Crippen molar-refractivity contribution in [1.82, 2.24) is 15.6 Å². The van der Waals surface area contributed by atoms with Crippen LogP contribution in [0.4, 0.5) is 8.78 Å². The third-order valence-corrected chi connectivity index (χ3v) is 3.56. The molecule has 24 heavy (non-hydrogen) atoms. The predicted molar refractivity (Wildman–Crippen MR) is 91.7 cm³/mol. The van der Waals surface area contributed by atoms with Crippen molar-refractivity contribution in [3.05, 3.63) is 29.8 Å². The summed E-state index contributed by atoms with van der Waals surface area (Å²) in [5.41, 5.74) is 3.08. The number of hydrogen-bond acceptors (Lipinski definition) is 5. The molecule has 0 aliphatic carbocycles. The summed E-state index contributed by atoms with van der Waals surface area (Å²) in [5, 5.41) is 7.34. The van der Waals surface area contributed by atoms with Gasteiger partial charge in [0.25, 0.3) is 0 Å². The van der Waals surface area contributed by atoms with E-state index < -0.39 is 6.61 Å². The van der Waals surface area contributed by atoms with Crippen LogP contribution in [0.1, 0.15) is 5.56 Å². The van der Waals surface area contributed by atoms with Crippen LogP contribution in [-0.2, 0) is 4.74 Å². The van der Waals surface area contributed by atoms with Gasteiger partial charge in [-0.25, -0.2) is 0 Å². The Morgan fingerprint density at radius 3 is 2.88 bits per heavy atom. The first-order chi connectivity index (χ1) is 11.6. The van der Waals surface area contributed by atoms with Gasteiger partial charge >= 0.3 is 6.61 Å². The molecule has 2 rings (SSSR count). The van der Waals surface area contributed by atoms with Crippen molar-refractivity contribution in [2.24, 2.45) is 5.10 Å². The highest BCUT2D eigenvalue weighted by molar-refractivity contribution is 7.80. The molecule has 0 spiro atoms. The molecule has 6 nitrogen and oxygen atoms in total. The second-order valence-corrected chi connectivity index (χ2v) is 5.40. The van der Waals surface area contributed by atoms with E-state index in [-0.39, 0.29) is 5.75 Å². The Hall–Kier alpha value is -1.84. The average Bonchev–Trinajstić information content (AvgIpc) is 2.57. The average molecular weight is 358 g/mol. The third kappa shape index (κ3) is 6.73. The van der Waals surface area contributed by atoms with Crippen LogP contribution in [0, 0.1) is 0 Å². The number of benzene rings is 1. The van der Waals surface area contributed by atoms with Gasteiger partial charge in [-0.2, -0.15) is 13.9 Å². The number of ether oxygens (including phenoxy) is 2. The predicted octanol–water partition coefficient (Wildman–Crippen LogP) is 1.42. The first-order valence-electron chi connectivity index (χ1n) is 7.56. The molecule has 0 aromatic heterocycles. The molecule has 0 saturated carbocycles. The number of nitrogens with zero attached hydrogens (tertiary/aromatic N) is 2. The molecule has 0 radical (unpaired) electrons. The van der Waals surface area contributed by atoms with Gasteiger partial charge in [-0.15, -0.1) is 0 Å². The summed E-state index contributed by atoms with van der Waals surface area (Å²) in [6, 6.07) is 6.39. The number of morpholine rings is 1. The summed E-state index contributed by atoms with van der Waals surface area (Å²) in [4.78, 5) is 2.28. The van der Waals surface area contributed by atoms with Crippen LogP contribution in [-0.4, -0.2) is 62.2 Å². The van der Waals surface area contributed by atoms with E-state index in [1.807, 2.05) is 0 Å². The molecule has 9 heteroatoms. The van der Waals surface area contributed by atoms with E-state index in [0.29, 0.717) is 17.2 Å². The zero-order valence-electron chi connectivity index (χ0n) is 13.1. The molecule has 1 fully saturated rings. The second kappa shape index (κ2) is 10.1. The number of hydrogen-bond donors (Lipinski definition) is 2. The van der Waals surface area contributed by atoms with Crippen LogP contribution in [0.3, 0.4) is 0 Å². The number of halogens is 2. The molecule has 1 aromatic rings. The highest BCUT2D eigenvalue weighted by Gasteiger charge is 2.09. The second-order valence-electron chi connectivity index (χ2n) is 5.00. The summed E-state index contributed by atoms with van der Waals surface area (Å²) in [6.07, 6.45) is 1.38. The summed E-state index contributed by atoms with van der Waals surface area (Å²) in [5.74, 6) is 0.0595. The molecule has 0 amide bonds. The monoisotopic (exact) mass is 358 g/mol. The van der Waals surface area contributed by atoms with Crippen LogP contribution in [0.15, 0.2) is 29.4 Å². The number of alkyl halides is 2. The van der Waals surface area contributed by atoms with Crippen molar-refractivity contribution in [1.29, 1.82) is 0 Å². The van der Waals surface area contributed by atoms with E-state index in [9.17, 15) is 8.78 Å². The quantitative estimate of drug-likeness (QED) is 0.437. The molecular weight excluding hydrogens is 338 g/mol. The maximum Gasteiger partial charge on any atom is 0.387 e. The fourth-order valence-electron chi connectivity index (χ4n) is 2.14. The van der Waals surface area contributed by atoms with E-state index in [4.69, 9.17) is 17.0 Å². The topological polar surface area (TPSA) is 58.1 Å². The SMILES string of the molecule is FC(F)Oc1ccccc1/C=N/NC(=S)NCCN1CCOCC1. The molecule has 1 saturated heterocycles. The van der Waals surface area contributed by atoms with Crippen molar-refractivity contribution in [2.45, 2.75) is 6.61 Å². The van der Waals surface area contributed by atoms with Gasteiger partial charge in [0.05, 0.1) is 19.4 Å². The Kier molecular flexibility index (Phi) is 7.80. The molecule has 1 aromatic carbocycles. The van der Waals surface area contributed by atoms with E-state index in [1.54, 1.807) is 18.2 Å². The van der Waals surface area contributed by atoms with Crippen molar-refractivity contribution in [3.8, 4) is 5.75 Å². The Morgan fingerprint density at radius 2 is 2.12 bits per heavy atom. The standard InChI is InChI=1S/C15H20F2N4O2S/c16-14(17)23-13-4-2-1-3-12(13)11-19-20-15(24)18-5-6-21-7-9-22-10-8-21/h1-4,11,14H,5-10H2,(H2,18,20,24)/b19-11+. The fraction of sp³-hybridized carbons (Fsp3) is 0.467. The van der Waals surface area contributed by atoms with Crippen molar-refractivity contribution >= 4 is 23.5 Å². The summed E-state index contributed by atoms with van der Waals surface area (Å²) >= 11 is 5.11. The Labute approximate surface area is 144 Å². The Bertz CT molecular complexity index is 554. The summed E-state index contributed by atoms with van der Waals surface area (Å²) in [6.45, 7) is 2.02. The lowest BCUT2D eigenvalue weighted by atomic mass is 10.2. The summed E-state index contributed by atoms with van der Waals surface area (Å²) in [7, 11) is 0. The third-order valence-electron chi connectivity index (χ3n) is 3.32. The normalized spacial score (nSPS) is 15.6. The molecular formula is C15H20F2N4O2S. The van der Waals surface area contributed by atoms with E-state index in [2.05, 4.69) is 25.5 Å². The number of para-hydroxylation sites is 1. The highest BCUT2D eigenvalue weighted by Crippen LogP contribution is 2.18. The number of rotatable bonds is 7. The van der Waals surface area contributed by atoms with E-state index in [1.165, 1.54) is 12.3 Å². The minimum absolute atomic E-state index is 0.0595. The molecule has 1 heterocycles. The van der Waals surface area contributed by atoms with Gasteiger partial charge in [-0.3, -0.25) is 10.3 Å². The zero-order valence-corrected chi connectivity index (χ0v) is 13.9. The molecule has 132 valence electrons. The fourth-order valence-corrected chi connectivity index (χ4v) is 2.30. The lowest BCUT2D eigenvalue weighted by Crippen LogP contribution is -2.42. The maximum absolute atomic E-state index is 12.3. The Morgan fingerprint density at radius 1 is 1.38 bits per heavy atom. The van der Waals surface area contributed by atoms with Gasteiger partial charge in [0, 0.05) is 31.7 Å². The van der Waals surface area contributed by atoms with Gasteiger partial charge in [0.2, 0.25) is 0 Å². The van der Waals surface area contributed by atoms with Gasteiger partial charge in [0.15, 0.2) is 5.11 Å². The lowest BCUT2D eigenvalue weighted by Gasteiger charge is -2.26. The number of thiocarbonyl (C=S) groups is 1.